The number of fused-ring (bicyclic) bond motifs is 1. The second kappa shape index (κ2) is 6.41. The molecule has 0 saturated heterocycles. The maximum Gasteiger partial charge on any atom is 0.225 e. The van der Waals surface area contributed by atoms with Gasteiger partial charge in [-0.05, 0) is 37.3 Å². The van der Waals surface area contributed by atoms with E-state index in [-0.39, 0.29) is 12.1 Å². The van der Waals surface area contributed by atoms with Gasteiger partial charge in [-0.2, -0.15) is 5.10 Å². The van der Waals surface area contributed by atoms with Gasteiger partial charge in [0.25, 0.3) is 0 Å². The van der Waals surface area contributed by atoms with E-state index in [1.165, 1.54) is 0 Å². The van der Waals surface area contributed by atoms with Gasteiger partial charge in [0.2, 0.25) is 12.1 Å². The molecule has 7 heteroatoms. The number of nitrogens with zero attached hydrogens (tertiary/aromatic N) is 3. The number of anilines is 1. The molecule has 0 fully saturated rings. The number of para-hydroxylation sites is 1. The molecule has 126 valence electrons. The van der Waals surface area contributed by atoms with Crippen molar-refractivity contribution in [3.8, 4) is 0 Å². The van der Waals surface area contributed by atoms with Crippen molar-refractivity contribution in [2.45, 2.75) is 13.2 Å². The van der Waals surface area contributed by atoms with Crippen LogP contribution in [0.1, 0.15) is 12.5 Å². The molecule has 0 amide bonds. The minimum Gasteiger partial charge on any atom is -0.450 e. The lowest BCUT2D eigenvalue weighted by atomic mass is 10.0. The number of ether oxygens (including phenoxy) is 1. The Bertz CT molecular complexity index is 914. The first kappa shape index (κ1) is 16.5. The minimum atomic E-state index is -0.380. The zero-order valence-corrected chi connectivity index (χ0v) is 15.5. The van der Waals surface area contributed by atoms with Gasteiger partial charge in [0.1, 0.15) is 10.9 Å². The first-order valence-electron chi connectivity index (χ1n) is 7.68. The summed E-state index contributed by atoms with van der Waals surface area (Å²) < 4.78 is 6.17. The molecule has 25 heavy (non-hydrogen) atoms. The Kier molecular flexibility index (Phi) is 4.23. The molecule has 0 radical (unpaired) electrons. The number of hydrogen-bond donors (Lipinski definition) is 0. The second-order valence-corrected chi connectivity index (χ2v) is 7.05. The van der Waals surface area contributed by atoms with Crippen molar-refractivity contribution >= 4 is 57.7 Å². The Balaban J connectivity index is 1.73. The van der Waals surface area contributed by atoms with E-state index in [1.807, 2.05) is 42.3 Å². The average molecular weight is 390 g/mol. The number of rotatable bonds is 2. The average Bonchev–Trinajstić information content (AvgIpc) is 2.93. The van der Waals surface area contributed by atoms with Gasteiger partial charge in [0.15, 0.2) is 0 Å². The van der Waals surface area contributed by atoms with Gasteiger partial charge >= 0.3 is 0 Å². The highest BCUT2D eigenvalue weighted by atomic mass is 35.5. The molecule has 0 saturated carbocycles. The van der Waals surface area contributed by atoms with Crippen LogP contribution in [-0.4, -0.2) is 22.8 Å². The molecule has 2 aromatic rings. The topological polar surface area (TPSA) is 37.2 Å². The van der Waals surface area contributed by atoms with Gasteiger partial charge in [0, 0.05) is 5.02 Å². The maximum atomic E-state index is 6.30. The number of halogens is 2. The summed E-state index contributed by atoms with van der Waals surface area (Å²) in [6, 6.07) is 15.0. The zero-order valence-electron chi connectivity index (χ0n) is 13.2. The molecule has 2 aromatic carbocycles. The van der Waals surface area contributed by atoms with Gasteiger partial charge in [-0.25, -0.2) is 10.0 Å². The molecule has 4 rings (SSSR count). The van der Waals surface area contributed by atoms with Crippen molar-refractivity contribution in [1.82, 2.24) is 0 Å². The number of thiocarbonyl (C=S) groups is 1. The van der Waals surface area contributed by atoms with Crippen molar-refractivity contribution in [3.05, 3.63) is 64.1 Å². The molecular weight excluding hydrogens is 377 g/mol. The summed E-state index contributed by atoms with van der Waals surface area (Å²) >= 11 is 17.8. The first-order chi connectivity index (χ1) is 12.0. The molecule has 2 unspecified atom stereocenters. The molecule has 0 N–H and O–H groups in total. The summed E-state index contributed by atoms with van der Waals surface area (Å²) in [4.78, 5) is 4.99. The fraction of sp³-hybridized carbons (Fsp3) is 0.167. The van der Waals surface area contributed by atoms with Crippen LogP contribution in [-0.2, 0) is 4.74 Å². The number of aliphatic imine (C=N–C) groups is 1. The van der Waals surface area contributed by atoms with Gasteiger partial charge in [-0.15, -0.1) is 0 Å². The smallest absolute Gasteiger partial charge is 0.225 e. The fourth-order valence-corrected chi connectivity index (χ4v) is 3.80. The van der Waals surface area contributed by atoms with Gasteiger partial charge in [-0.1, -0.05) is 53.6 Å². The lowest BCUT2D eigenvalue weighted by Gasteiger charge is -2.31. The lowest BCUT2D eigenvalue weighted by Crippen LogP contribution is -2.44. The van der Waals surface area contributed by atoms with Crippen LogP contribution < -0.4 is 5.01 Å². The van der Waals surface area contributed by atoms with Crippen molar-refractivity contribution in [3.63, 3.8) is 0 Å². The Morgan fingerprint density at radius 1 is 1.12 bits per heavy atom. The third kappa shape index (κ3) is 2.92. The molecule has 2 aliphatic rings. The summed E-state index contributed by atoms with van der Waals surface area (Å²) in [6.45, 7) is 1.94. The monoisotopic (exact) mass is 389 g/mol. The Hall–Kier alpha value is -1.95. The zero-order chi connectivity index (χ0) is 17.6. The third-order valence-electron chi connectivity index (χ3n) is 4.13. The predicted octanol–water partition coefficient (Wildman–Crippen LogP) is 4.94. The molecule has 2 aliphatic heterocycles. The number of hydrogen-bond acceptors (Lipinski definition) is 4. The van der Waals surface area contributed by atoms with Crippen molar-refractivity contribution in [2.24, 2.45) is 16.0 Å². The standard InChI is InChI=1S/C18H13Cl2N3OS/c1-10-15-17(25)21-16(13-8-7-11(19)9-14(13)20)24-18(15)23(22-10)12-5-3-2-4-6-12/h2-9,15,18H,1H3. The Morgan fingerprint density at radius 3 is 2.60 bits per heavy atom. The van der Waals surface area contributed by atoms with Crippen LogP contribution in [0.15, 0.2) is 58.6 Å². The van der Waals surface area contributed by atoms with Gasteiger partial charge in [-0.3, -0.25) is 0 Å². The highest BCUT2D eigenvalue weighted by molar-refractivity contribution is 7.80. The SMILES string of the molecule is CC1=NN(c2ccccc2)C2OC(c3ccc(Cl)cc3Cl)=NC(=S)C12. The van der Waals surface area contributed by atoms with E-state index in [2.05, 4.69) is 10.1 Å². The molecule has 0 bridgehead atoms. The lowest BCUT2D eigenvalue weighted by molar-refractivity contribution is 0.175. The number of hydrazone groups is 1. The van der Waals surface area contributed by atoms with E-state index < -0.39 is 0 Å². The first-order valence-corrected chi connectivity index (χ1v) is 8.85. The number of benzene rings is 2. The van der Waals surface area contributed by atoms with Crippen molar-refractivity contribution in [1.29, 1.82) is 0 Å². The Morgan fingerprint density at radius 2 is 1.88 bits per heavy atom. The van der Waals surface area contributed by atoms with Crippen LogP contribution in [0.5, 0.6) is 0 Å². The molecule has 0 aliphatic carbocycles. The summed E-state index contributed by atoms with van der Waals surface area (Å²) in [5, 5.41) is 7.49. The summed E-state index contributed by atoms with van der Waals surface area (Å²) in [6.07, 6.45) is -0.380. The van der Waals surface area contributed by atoms with E-state index in [0.717, 1.165) is 11.4 Å². The van der Waals surface area contributed by atoms with E-state index in [0.29, 0.717) is 26.5 Å². The maximum absolute atomic E-state index is 6.30. The normalized spacial score (nSPS) is 22.2. The van der Waals surface area contributed by atoms with Gasteiger partial charge in [0.05, 0.1) is 22.0 Å². The molecule has 2 atom stereocenters. The van der Waals surface area contributed by atoms with E-state index >= 15 is 0 Å². The third-order valence-corrected chi connectivity index (χ3v) is 5.03. The van der Waals surface area contributed by atoms with E-state index in [1.54, 1.807) is 18.2 Å². The van der Waals surface area contributed by atoms with Gasteiger partial charge < -0.3 is 4.74 Å². The second-order valence-electron chi connectivity index (χ2n) is 5.79. The molecule has 4 nitrogen and oxygen atoms in total. The summed E-state index contributed by atoms with van der Waals surface area (Å²) in [7, 11) is 0. The summed E-state index contributed by atoms with van der Waals surface area (Å²) in [5.41, 5.74) is 2.47. The van der Waals surface area contributed by atoms with Crippen LogP contribution in [0.25, 0.3) is 0 Å². The van der Waals surface area contributed by atoms with Crippen LogP contribution in [0, 0.1) is 5.92 Å². The van der Waals surface area contributed by atoms with Crippen molar-refractivity contribution in [2.75, 3.05) is 5.01 Å². The van der Waals surface area contributed by atoms with Crippen LogP contribution in [0.4, 0.5) is 5.69 Å². The molecular formula is C18H13Cl2N3OS. The van der Waals surface area contributed by atoms with E-state index in [9.17, 15) is 0 Å². The van der Waals surface area contributed by atoms with Crippen LogP contribution in [0.2, 0.25) is 10.0 Å². The molecule has 2 heterocycles. The largest absolute Gasteiger partial charge is 0.450 e. The molecule has 0 aromatic heterocycles. The Labute approximate surface area is 160 Å². The van der Waals surface area contributed by atoms with E-state index in [4.69, 9.17) is 40.2 Å². The van der Waals surface area contributed by atoms with Crippen LogP contribution in [0.3, 0.4) is 0 Å². The highest BCUT2D eigenvalue weighted by Gasteiger charge is 2.44. The fourth-order valence-electron chi connectivity index (χ4n) is 2.94. The minimum absolute atomic E-state index is 0.162. The molecule has 0 spiro atoms. The quantitative estimate of drug-likeness (QED) is 0.682. The summed E-state index contributed by atoms with van der Waals surface area (Å²) in [5.74, 6) is 0.226. The highest BCUT2D eigenvalue weighted by Crippen LogP contribution is 2.34. The van der Waals surface area contributed by atoms with Crippen LogP contribution >= 0.6 is 35.4 Å². The predicted molar refractivity (Wildman–Crippen MR) is 106 cm³/mol. The van der Waals surface area contributed by atoms with Crippen molar-refractivity contribution < 1.29 is 4.74 Å².